The first-order chi connectivity index (χ1) is 16.2. The SMILES string of the molecule is CN1CCN(c2ccnc3c2nc(CNC2CCCc4cccnc42)n3CCCCN)CC1. The van der Waals surface area contributed by atoms with E-state index >= 15 is 0 Å². The number of aromatic nitrogens is 4. The highest BCUT2D eigenvalue weighted by atomic mass is 15.3. The van der Waals surface area contributed by atoms with E-state index in [0.29, 0.717) is 13.1 Å². The monoisotopic (exact) mass is 448 g/mol. The Morgan fingerprint density at radius 2 is 1.97 bits per heavy atom. The molecule has 3 aromatic rings. The predicted molar refractivity (Wildman–Crippen MR) is 132 cm³/mol. The number of pyridine rings is 2. The summed E-state index contributed by atoms with van der Waals surface area (Å²) in [5.41, 5.74) is 11.6. The van der Waals surface area contributed by atoms with Gasteiger partial charge in [0, 0.05) is 45.1 Å². The van der Waals surface area contributed by atoms with Crippen LogP contribution in [-0.4, -0.2) is 64.2 Å². The number of unbranched alkanes of at least 4 members (excludes halogenated alkanes) is 1. The highest BCUT2D eigenvalue weighted by Crippen LogP contribution is 2.30. The van der Waals surface area contributed by atoms with Crippen LogP contribution in [0.25, 0.3) is 11.2 Å². The molecule has 1 unspecified atom stereocenters. The fourth-order valence-corrected chi connectivity index (χ4v) is 5.16. The van der Waals surface area contributed by atoms with Crippen LogP contribution >= 0.6 is 0 Å². The van der Waals surface area contributed by atoms with Crippen molar-refractivity contribution in [1.82, 2.24) is 29.7 Å². The highest BCUT2D eigenvalue weighted by Gasteiger charge is 2.24. The normalized spacial score (nSPS) is 19.2. The number of nitrogens with zero attached hydrogens (tertiary/aromatic N) is 6. The van der Waals surface area contributed by atoms with Gasteiger partial charge in [-0.15, -0.1) is 0 Å². The van der Waals surface area contributed by atoms with Gasteiger partial charge in [-0.3, -0.25) is 4.98 Å². The summed E-state index contributed by atoms with van der Waals surface area (Å²) in [5.74, 6) is 1.05. The van der Waals surface area contributed by atoms with Crippen molar-refractivity contribution in [2.24, 2.45) is 5.73 Å². The van der Waals surface area contributed by atoms with Crippen LogP contribution in [0.1, 0.15) is 48.8 Å². The lowest BCUT2D eigenvalue weighted by Crippen LogP contribution is -2.44. The molecular formula is C25H36N8. The molecule has 1 aliphatic carbocycles. The number of piperazine rings is 1. The van der Waals surface area contributed by atoms with Crippen LogP contribution in [0.15, 0.2) is 30.6 Å². The zero-order valence-corrected chi connectivity index (χ0v) is 19.7. The van der Waals surface area contributed by atoms with Crippen molar-refractivity contribution in [3.63, 3.8) is 0 Å². The van der Waals surface area contributed by atoms with Gasteiger partial charge in [0.15, 0.2) is 5.65 Å². The van der Waals surface area contributed by atoms with Crippen LogP contribution in [-0.2, 0) is 19.5 Å². The van der Waals surface area contributed by atoms with E-state index in [9.17, 15) is 0 Å². The van der Waals surface area contributed by atoms with Crippen LogP contribution in [0, 0.1) is 0 Å². The Morgan fingerprint density at radius 3 is 2.82 bits per heavy atom. The van der Waals surface area contributed by atoms with E-state index in [1.54, 1.807) is 0 Å². The first-order valence-electron chi connectivity index (χ1n) is 12.4. The highest BCUT2D eigenvalue weighted by molar-refractivity contribution is 5.86. The van der Waals surface area contributed by atoms with Crippen molar-refractivity contribution in [3.05, 3.63) is 47.7 Å². The standard InChI is InChI=1S/C25H36N8/c1-31-14-16-32(17-15-31)21-9-12-28-25-24(21)30-22(33(25)13-3-2-10-26)18-29-20-8-4-6-19-7-5-11-27-23(19)20/h5,7,9,11-12,20,29H,2-4,6,8,10,13-18,26H2,1H3. The summed E-state index contributed by atoms with van der Waals surface area (Å²) in [6.45, 7) is 6.50. The van der Waals surface area contributed by atoms with Crippen molar-refractivity contribution < 1.29 is 0 Å². The molecule has 0 saturated carbocycles. The summed E-state index contributed by atoms with van der Waals surface area (Å²) < 4.78 is 2.31. The second-order valence-electron chi connectivity index (χ2n) is 9.34. The Labute approximate surface area is 196 Å². The molecule has 1 saturated heterocycles. The molecule has 8 nitrogen and oxygen atoms in total. The van der Waals surface area contributed by atoms with E-state index in [2.05, 4.69) is 38.9 Å². The molecule has 1 aliphatic heterocycles. The Kier molecular flexibility index (Phi) is 6.85. The van der Waals surface area contributed by atoms with Crippen LogP contribution in [0.4, 0.5) is 5.69 Å². The molecule has 0 radical (unpaired) electrons. The van der Waals surface area contributed by atoms with E-state index in [0.717, 1.165) is 75.4 Å². The number of hydrogen-bond donors (Lipinski definition) is 2. The van der Waals surface area contributed by atoms with Gasteiger partial charge < -0.3 is 25.4 Å². The summed E-state index contributed by atoms with van der Waals surface area (Å²) in [4.78, 5) is 19.5. The molecule has 3 N–H and O–H groups in total. The Bertz CT molecular complexity index is 1070. The van der Waals surface area contributed by atoms with Crippen molar-refractivity contribution >= 4 is 16.9 Å². The fourth-order valence-electron chi connectivity index (χ4n) is 5.16. The zero-order chi connectivity index (χ0) is 22.6. The predicted octanol–water partition coefficient (Wildman–Crippen LogP) is 2.48. The Hall–Kier alpha value is -2.55. The molecule has 33 heavy (non-hydrogen) atoms. The van der Waals surface area contributed by atoms with Gasteiger partial charge in [0.25, 0.3) is 0 Å². The first kappa shape index (κ1) is 22.3. The maximum atomic E-state index is 5.78. The maximum absolute atomic E-state index is 5.78. The number of nitrogens with one attached hydrogen (secondary N) is 1. The molecule has 0 bridgehead atoms. The quantitative estimate of drug-likeness (QED) is 0.512. The number of rotatable bonds is 8. The van der Waals surface area contributed by atoms with E-state index in [1.165, 1.54) is 23.4 Å². The molecule has 4 heterocycles. The van der Waals surface area contributed by atoms with E-state index in [1.807, 2.05) is 18.5 Å². The van der Waals surface area contributed by atoms with Gasteiger partial charge in [-0.05, 0) is 63.4 Å². The smallest absolute Gasteiger partial charge is 0.162 e. The summed E-state index contributed by atoms with van der Waals surface area (Å²) in [5, 5.41) is 3.77. The van der Waals surface area contributed by atoms with Gasteiger partial charge in [0.05, 0.1) is 24.0 Å². The lowest BCUT2D eigenvalue weighted by Gasteiger charge is -2.34. The molecule has 0 aromatic carbocycles. The lowest BCUT2D eigenvalue weighted by atomic mass is 9.92. The summed E-state index contributed by atoms with van der Waals surface area (Å²) in [6, 6.07) is 6.66. The third-order valence-corrected chi connectivity index (χ3v) is 7.07. The molecule has 0 spiro atoms. The topological polar surface area (TPSA) is 88.1 Å². The third-order valence-electron chi connectivity index (χ3n) is 7.07. The number of imidazole rings is 1. The first-order valence-corrected chi connectivity index (χ1v) is 12.4. The molecule has 176 valence electrons. The van der Waals surface area contributed by atoms with E-state index < -0.39 is 0 Å². The van der Waals surface area contributed by atoms with Crippen LogP contribution in [0.3, 0.4) is 0 Å². The molecule has 0 amide bonds. The van der Waals surface area contributed by atoms with Crippen LogP contribution in [0.2, 0.25) is 0 Å². The number of nitrogens with two attached hydrogens (primary N) is 1. The average Bonchev–Trinajstić information content (AvgIpc) is 3.21. The number of anilines is 1. The Morgan fingerprint density at radius 1 is 1.09 bits per heavy atom. The number of fused-ring (bicyclic) bond motifs is 2. The fraction of sp³-hybridized carbons (Fsp3) is 0.560. The molecule has 5 rings (SSSR count). The molecule has 1 atom stereocenters. The number of likely N-dealkylation sites (N-methyl/N-ethyl adjacent to an activating group) is 1. The van der Waals surface area contributed by atoms with Gasteiger partial charge in [0.1, 0.15) is 11.3 Å². The van der Waals surface area contributed by atoms with Gasteiger partial charge in [0.2, 0.25) is 0 Å². The van der Waals surface area contributed by atoms with Crippen molar-refractivity contribution in [2.75, 3.05) is 44.7 Å². The van der Waals surface area contributed by atoms with Gasteiger partial charge in [-0.2, -0.15) is 0 Å². The van der Waals surface area contributed by atoms with E-state index in [-0.39, 0.29) is 6.04 Å². The number of aryl methyl sites for hydroxylation is 2. The Balaban J connectivity index is 1.43. The minimum atomic E-state index is 0.275. The lowest BCUT2D eigenvalue weighted by molar-refractivity contribution is 0.313. The van der Waals surface area contributed by atoms with Gasteiger partial charge in [-0.25, -0.2) is 9.97 Å². The molecular weight excluding hydrogens is 412 g/mol. The second kappa shape index (κ2) is 10.2. The third kappa shape index (κ3) is 4.74. The van der Waals surface area contributed by atoms with E-state index in [4.69, 9.17) is 20.7 Å². The average molecular weight is 449 g/mol. The van der Waals surface area contributed by atoms with Crippen LogP contribution < -0.4 is 16.0 Å². The van der Waals surface area contributed by atoms with Crippen molar-refractivity contribution in [1.29, 1.82) is 0 Å². The van der Waals surface area contributed by atoms with Gasteiger partial charge in [-0.1, -0.05) is 6.07 Å². The summed E-state index contributed by atoms with van der Waals surface area (Å²) in [6.07, 6.45) is 9.31. The molecule has 3 aromatic heterocycles. The maximum Gasteiger partial charge on any atom is 0.162 e. The summed E-state index contributed by atoms with van der Waals surface area (Å²) in [7, 11) is 2.19. The van der Waals surface area contributed by atoms with Gasteiger partial charge >= 0.3 is 0 Å². The number of hydrogen-bond acceptors (Lipinski definition) is 7. The largest absolute Gasteiger partial charge is 0.367 e. The minimum Gasteiger partial charge on any atom is -0.367 e. The molecule has 8 heteroatoms. The molecule has 1 fully saturated rings. The van der Waals surface area contributed by atoms with Crippen molar-refractivity contribution in [2.45, 2.75) is 51.2 Å². The van der Waals surface area contributed by atoms with Crippen molar-refractivity contribution in [3.8, 4) is 0 Å². The minimum absolute atomic E-state index is 0.275. The van der Waals surface area contributed by atoms with Crippen LogP contribution in [0.5, 0.6) is 0 Å². The zero-order valence-electron chi connectivity index (χ0n) is 19.7. The molecule has 2 aliphatic rings. The summed E-state index contributed by atoms with van der Waals surface area (Å²) >= 11 is 0. The second-order valence-corrected chi connectivity index (χ2v) is 9.34.